The summed E-state index contributed by atoms with van der Waals surface area (Å²) in [5, 5.41) is 16.1. The van der Waals surface area contributed by atoms with Gasteiger partial charge in [-0.05, 0) is 49.3 Å². The van der Waals surface area contributed by atoms with Gasteiger partial charge in [0.15, 0.2) is 0 Å². The second-order valence-electron chi connectivity index (χ2n) is 9.83. The predicted molar refractivity (Wildman–Crippen MR) is 139 cm³/mol. The van der Waals surface area contributed by atoms with Crippen LogP contribution in [0.25, 0.3) is 21.6 Å². The zero-order valence-electron chi connectivity index (χ0n) is 21.6. The Morgan fingerprint density at radius 3 is 2.38 bits per heavy atom. The Labute approximate surface area is 214 Å². The van der Waals surface area contributed by atoms with Gasteiger partial charge in [-0.25, -0.2) is 9.59 Å². The minimum atomic E-state index is -1.11. The number of carboxylic acids is 1. The summed E-state index contributed by atoms with van der Waals surface area (Å²) < 4.78 is 2.47. The zero-order valence-corrected chi connectivity index (χ0v) is 21.6. The maximum atomic E-state index is 13.3. The van der Waals surface area contributed by atoms with Crippen molar-refractivity contribution in [1.29, 1.82) is 0 Å². The average molecular weight is 511 g/mol. The molecule has 1 heterocycles. The van der Waals surface area contributed by atoms with E-state index in [4.69, 9.17) is 5.53 Å². The van der Waals surface area contributed by atoms with E-state index in [1.54, 1.807) is 38.2 Å². The van der Waals surface area contributed by atoms with Crippen LogP contribution in [0.4, 0.5) is 0 Å². The van der Waals surface area contributed by atoms with Gasteiger partial charge in [-0.2, -0.15) is 0 Å². The van der Waals surface area contributed by atoms with Crippen molar-refractivity contribution in [3.05, 3.63) is 66.8 Å². The molecule has 1 atom stereocenters. The predicted octanol–water partition coefficient (Wildman–Crippen LogP) is 3.21. The third-order valence-corrected chi connectivity index (χ3v) is 7.51. The lowest BCUT2D eigenvalue weighted by Crippen LogP contribution is -2.48. The van der Waals surface area contributed by atoms with E-state index in [2.05, 4.69) is 15.3 Å². The van der Waals surface area contributed by atoms with Crippen molar-refractivity contribution in [2.75, 3.05) is 6.54 Å². The van der Waals surface area contributed by atoms with Gasteiger partial charge in [0.25, 0.3) is 5.56 Å². The number of nitrogens with zero attached hydrogens (tertiary/aromatic N) is 5. The van der Waals surface area contributed by atoms with Crippen LogP contribution in [0.3, 0.4) is 0 Å². The molecule has 1 unspecified atom stereocenters. The summed E-state index contributed by atoms with van der Waals surface area (Å²) >= 11 is 0. The van der Waals surface area contributed by atoms with Crippen molar-refractivity contribution in [3.8, 4) is 11.1 Å². The Balaban J connectivity index is 1.75. The molecule has 0 bridgehead atoms. The number of aromatic nitrogens is 2. The first kappa shape index (κ1) is 27.7. The van der Waals surface area contributed by atoms with E-state index in [1.807, 2.05) is 0 Å². The molecule has 0 radical (unpaired) electrons. The van der Waals surface area contributed by atoms with Crippen LogP contribution in [0.1, 0.15) is 56.2 Å². The molecule has 1 aliphatic rings. The molecule has 1 aliphatic carbocycles. The lowest BCUT2D eigenvalue weighted by molar-refractivity contribution is -0.144. The number of hydrogen-bond acceptors (Lipinski definition) is 5. The van der Waals surface area contributed by atoms with Gasteiger partial charge < -0.3 is 15.0 Å². The number of nitrogens with one attached hydrogen (secondary N) is 1. The van der Waals surface area contributed by atoms with Gasteiger partial charge >= 0.3 is 11.7 Å². The Morgan fingerprint density at radius 1 is 1.14 bits per heavy atom. The number of hydrogen-bond donors (Lipinski definition) is 2. The highest BCUT2D eigenvalue weighted by molar-refractivity contribution is 5.87. The molecule has 0 saturated heterocycles. The third kappa shape index (κ3) is 6.11. The summed E-state index contributed by atoms with van der Waals surface area (Å²) in [6, 6.07) is 5.84. The SMILES string of the molecule is Cc1c(-c2ccc(CC(NC(=O)C3(CCCCN=[N+]=[N-])CCCC3)C(=O)O)cc2)c(=O)n(C)c(=O)n1C. The highest BCUT2D eigenvalue weighted by Crippen LogP contribution is 2.42. The van der Waals surface area contributed by atoms with Crippen LogP contribution < -0.4 is 16.6 Å². The summed E-state index contributed by atoms with van der Waals surface area (Å²) in [5.41, 5.74) is 9.31. The standard InChI is InChI=1S/C26H34N6O5/c1-17-21(22(33)32(3)25(37)31(17)2)19-10-8-18(9-11-19)16-20(23(34)35)29-24(36)26(12-4-5-13-26)14-6-7-15-28-30-27/h8-11,20H,4-7,12-16H2,1-3H3,(H,29,36)(H,34,35). The van der Waals surface area contributed by atoms with Crippen molar-refractivity contribution in [1.82, 2.24) is 14.5 Å². The van der Waals surface area contributed by atoms with Crippen LogP contribution in [-0.4, -0.2) is 38.7 Å². The van der Waals surface area contributed by atoms with Crippen LogP contribution in [0.2, 0.25) is 0 Å². The van der Waals surface area contributed by atoms with Crippen LogP contribution in [-0.2, 0) is 30.1 Å². The van der Waals surface area contributed by atoms with E-state index >= 15 is 0 Å². The minimum Gasteiger partial charge on any atom is -0.480 e. The maximum Gasteiger partial charge on any atom is 0.330 e. The summed E-state index contributed by atoms with van der Waals surface area (Å²) in [7, 11) is 3.03. The normalized spacial score (nSPS) is 15.1. The molecule has 3 rings (SSSR count). The van der Waals surface area contributed by atoms with Crippen LogP contribution in [0.15, 0.2) is 39.0 Å². The molecular formula is C26H34N6O5. The van der Waals surface area contributed by atoms with E-state index in [0.29, 0.717) is 41.8 Å². The maximum absolute atomic E-state index is 13.3. The monoisotopic (exact) mass is 510 g/mol. The van der Waals surface area contributed by atoms with Gasteiger partial charge in [-0.1, -0.05) is 48.6 Å². The number of carbonyl (C=O) groups is 2. The highest BCUT2D eigenvalue weighted by Gasteiger charge is 2.41. The Kier molecular flexibility index (Phi) is 8.94. The van der Waals surface area contributed by atoms with E-state index < -0.39 is 28.7 Å². The third-order valence-electron chi connectivity index (χ3n) is 7.51. The fourth-order valence-electron chi connectivity index (χ4n) is 5.17. The van der Waals surface area contributed by atoms with Crippen LogP contribution >= 0.6 is 0 Å². The minimum absolute atomic E-state index is 0.0958. The molecule has 0 aliphatic heterocycles. The quantitative estimate of drug-likeness (QED) is 0.205. The molecular weight excluding hydrogens is 476 g/mol. The molecule has 0 spiro atoms. The van der Waals surface area contributed by atoms with Crippen molar-refractivity contribution in [2.24, 2.45) is 24.6 Å². The number of unbranched alkanes of at least 4 members (excludes halogenated alkanes) is 1. The van der Waals surface area contributed by atoms with Gasteiger partial charge in [0, 0.05) is 43.1 Å². The molecule has 1 aromatic heterocycles. The molecule has 198 valence electrons. The molecule has 2 N–H and O–H groups in total. The number of rotatable bonds is 11. The Bertz CT molecular complexity index is 1310. The number of azide groups is 1. The number of benzene rings is 1. The van der Waals surface area contributed by atoms with E-state index in [-0.39, 0.29) is 12.3 Å². The van der Waals surface area contributed by atoms with E-state index in [1.165, 1.54) is 11.6 Å². The molecule has 11 heteroatoms. The lowest BCUT2D eigenvalue weighted by Gasteiger charge is -2.29. The van der Waals surface area contributed by atoms with Gasteiger partial charge in [-0.15, -0.1) is 0 Å². The first-order chi connectivity index (χ1) is 17.6. The first-order valence-electron chi connectivity index (χ1n) is 12.5. The summed E-state index contributed by atoms with van der Waals surface area (Å²) in [4.78, 5) is 52.9. The van der Waals surface area contributed by atoms with Crippen molar-refractivity contribution >= 4 is 11.9 Å². The number of amides is 1. The topological polar surface area (TPSA) is 159 Å². The largest absolute Gasteiger partial charge is 0.480 e. The van der Waals surface area contributed by atoms with Crippen molar-refractivity contribution < 1.29 is 14.7 Å². The summed E-state index contributed by atoms with van der Waals surface area (Å²) in [6.45, 7) is 2.09. The van der Waals surface area contributed by atoms with Crippen LogP contribution in [0, 0.1) is 12.3 Å². The van der Waals surface area contributed by atoms with Crippen LogP contribution in [0.5, 0.6) is 0 Å². The second kappa shape index (κ2) is 11.9. The molecule has 1 amide bonds. The molecule has 1 fully saturated rings. The van der Waals surface area contributed by atoms with Gasteiger partial charge in [0.1, 0.15) is 6.04 Å². The fourth-order valence-corrected chi connectivity index (χ4v) is 5.17. The van der Waals surface area contributed by atoms with Crippen molar-refractivity contribution in [2.45, 2.75) is 64.3 Å². The zero-order chi connectivity index (χ0) is 27.2. The fraction of sp³-hybridized carbons (Fsp3) is 0.538. The summed E-state index contributed by atoms with van der Waals surface area (Å²) in [5.74, 6) is -1.35. The van der Waals surface area contributed by atoms with E-state index in [9.17, 15) is 24.3 Å². The van der Waals surface area contributed by atoms with E-state index in [0.717, 1.165) is 36.7 Å². The molecule has 1 aromatic carbocycles. The van der Waals surface area contributed by atoms with Crippen molar-refractivity contribution in [3.63, 3.8) is 0 Å². The smallest absolute Gasteiger partial charge is 0.330 e. The highest BCUT2D eigenvalue weighted by atomic mass is 16.4. The summed E-state index contributed by atoms with van der Waals surface area (Å²) in [6.07, 6.45) is 5.43. The molecule has 37 heavy (non-hydrogen) atoms. The van der Waals surface area contributed by atoms with Gasteiger partial charge in [-0.3, -0.25) is 14.2 Å². The second-order valence-corrected chi connectivity index (χ2v) is 9.83. The lowest BCUT2D eigenvalue weighted by atomic mass is 9.79. The Hall–Kier alpha value is -3.85. The molecule has 11 nitrogen and oxygen atoms in total. The Morgan fingerprint density at radius 2 is 1.78 bits per heavy atom. The number of carboxylic acid groups (broad SMARTS) is 1. The average Bonchev–Trinajstić information content (AvgIpc) is 3.37. The first-order valence-corrected chi connectivity index (χ1v) is 12.5. The molecule has 2 aromatic rings. The van der Waals surface area contributed by atoms with Gasteiger partial charge in [0.2, 0.25) is 5.91 Å². The molecule has 1 saturated carbocycles. The van der Waals surface area contributed by atoms with Gasteiger partial charge in [0.05, 0.1) is 5.56 Å². The number of carbonyl (C=O) groups excluding carboxylic acids is 1. The number of aliphatic carboxylic acids is 1.